The summed E-state index contributed by atoms with van der Waals surface area (Å²) < 4.78 is 5.28. The SMILES string of the molecule is CCOc1ccc(/C=N/NC(=O)c2ccc(C)cc2Cl)c(O)c1. The largest absolute Gasteiger partial charge is 0.507 e. The van der Waals surface area contributed by atoms with Gasteiger partial charge in [0.1, 0.15) is 11.5 Å². The molecule has 5 nitrogen and oxygen atoms in total. The molecule has 0 aliphatic carbocycles. The lowest BCUT2D eigenvalue weighted by Gasteiger charge is -2.05. The molecule has 0 fully saturated rings. The molecule has 0 spiro atoms. The van der Waals surface area contributed by atoms with Crippen LogP contribution in [0.5, 0.6) is 11.5 Å². The molecule has 0 saturated heterocycles. The average Bonchev–Trinajstić information content (AvgIpc) is 2.49. The van der Waals surface area contributed by atoms with Gasteiger partial charge in [-0.3, -0.25) is 4.79 Å². The lowest BCUT2D eigenvalue weighted by Crippen LogP contribution is -2.18. The van der Waals surface area contributed by atoms with E-state index in [4.69, 9.17) is 16.3 Å². The van der Waals surface area contributed by atoms with Gasteiger partial charge in [0.05, 0.1) is 23.4 Å². The van der Waals surface area contributed by atoms with Crippen molar-refractivity contribution in [2.75, 3.05) is 6.61 Å². The van der Waals surface area contributed by atoms with E-state index >= 15 is 0 Å². The van der Waals surface area contributed by atoms with Crippen LogP contribution in [0.25, 0.3) is 0 Å². The number of hydrazone groups is 1. The van der Waals surface area contributed by atoms with Crippen LogP contribution in [0.3, 0.4) is 0 Å². The summed E-state index contributed by atoms with van der Waals surface area (Å²) in [7, 11) is 0. The highest BCUT2D eigenvalue weighted by molar-refractivity contribution is 6.33. The first-order chi connectivity index (χ1) is 11.0. The van der Waals surface area contributed by atoms with E-state index in [0.717, 1.165) is 5.56 Å². The topological polar surface area (TPSA) is 70.9 Å². The standard InChI is InChI=1S/C17H17ClN2O3/c1-3-23-13-6-5-12(16(21)9-13)10-19-20-17(22)14-7-4-11(2)8-15(14)18/h4-10,21H,3H2,1-2H3,(H,20,22)/b19-10+. The number of halogens is 1. The van der Waals surface area contributed by atoms with Crippen LogP contribution < -0.4 is 10.2 Å². The van der Waals surface area contributed by atoms with Crippen LogP contribution in [0.15, 0.2) is 41.5 Å². The Bertz CT molecular complexity index is 745. The maximum atomic E-state index is 12.0. The van der Waals surface area contributed by atoms with Gasteiger partial charge in [0.15, 0.2) is 0 Å². The summed E-state index contributed by atoms with van der Waals surface area (Å²) in [4.78, 5) is 12.0. The normalized spacial score (nSPS) is 10.7. The molecular weight excluding hydrogens is 316 g/mol. The number of phenols is 1. The number of carbonyl (C=O) groups is 1. The third-order valence-electron chi connectivity index (χ3n) is 3.05. The van der Waals surface area contributed by atoms with Crippen molar-refractivity contribution in [3.05, 3.63) is 58.1 Å². The second kappa shape index (κ2) is 7.65. The van der Waals surface area contributed by atoms with E-state index < -0.39 is 5.91 Å². The van der Waals surface area contributed by atoms with Gasteiger partial charge in [-0.15, -0.1) is 0 Å². The monoisotopic (exact) mass is 332 g/mol. The van der Waals surface area contributed by atoms with Crippen LogP contribution in [0.2, 0.25) is 5.02 Å². The van der Waals surface area contributed by atoms with Crippen LogP contribution in [0.4, 0.5) is 0 Å². The van der Waals surface area contributed by atoms with Gasteiger partial charge in [0.2, 0.25) is 0 Å². The number of aryl methyl sites for hydroxylation is 1. The number of amides is 1. The summed E-state index contributed by atoms with van der Waals surface area (Å²) in [6, 6.07) is 9.99. The predicted octanol–water partition coefficient (Wildman–Crippen LogP) is 3.52. The van der Waals surface area contributed by atoms with E-state index in [2.05, 4.69) is 10.5 Å². The van der Waals surface area contributed by atoms with E-state index in [0.29, 0.717) is 28.5 Å². The van der Waals surface area contributed by atoms with Gasteiger partial charge in [-0.1, -0.05) is 17.7 Å². The van der Waals surface area contributed by atoms with Gasteiger partial charge in [-0.05, 0) is 43.7 Å². The number of nitrogens with zero attached hydrogens (tertiary/aromatic N) is 1. The Balaban J connectivity index is 2.05. The zero-order valence-electron chi connectivity index (χ0n) is 12.8. The molecule has 0 aliphatic rings. The van der Waals surface area contributed by atoms with Crippen LogP contribution in [0.1, 0.15) is 28.4 Å². The van der Waals surface area contributed by atoms with Gasteiger partial charge in [-0.2, -0.15) is 5.10 Å². The molecule has 2 aromatic carbocycles. The fraction of sp³-hybridized carbons (Fsp3) is 0.176. The summed E-state index contributed by atoms with van der Waals surface area (Å²) in [6.45, 7) is 4.26. The zero-order valence-corrected chi connectivity index (χ0v) is 13.6. The van der Waals surface area contributed by atoms with Crippen molar-refractivity contribution in [3.8, 4) is 11.5 Å². The Labute approximate surface area is 139 Å². The number of carbonyl (C=O) groups excluding carboxylic acids is 1. The number of benzene rings is 2. The van der Waals surface area contributed by atoms with Crippen molar-refractivity contribution < 1.29 is 14.6 Å². The molecule has 0 aliphatic heterocycles. The first kappa shape index (κ1) is 16.8. The minimum absolute atomic E-state index is 0.0160. The molecule has 23 heavy (non-hydrogen) atoms. The van der Waals surface area contributed by atoms with Crippen molar-refractivity contribution in [1.82, 2.24) is 5.43 Å². The number of aromatic hydroxyl groups is 1. The molecule has 6 heteroatoms. The maximum Gasteiger partial charge on any atom is 0.272 e. The third kappa shape index (κ3) is 4.47. The number of ether oxygens (including phenoxy) is 1. The second-order valence-electron chi connectivity index (χ2n) is 4.84. The summed E-state index contributed by atoms with van der Waals surface area (Å²) in [6.07, 6.45) is 1.35. The Kier molecular flexibility index (Phi) is 5.60. The highest BCUT2D eigenvalue weighted by Gasteiger charge is 2.09. The Hall–Kier alpha value is -2.53. The first-order valence-electron chi connectivity index (χ1n) is 7.06. The molecule has 2 aromatic rings. The lowest BCUT2D eigenvalue weighted by atomic mass is 10.1. The van der Waals surface area contributed by atoms with Crippen molar-refractivity contribution in [3.63, 3.8) is 0 Å². The molecule has 1 amide bonds. The van der Waals surface area contributed by atoms with E-state index in [1.807, 2.05) is 13.8 Å². The average molecular weight is 333 g/mol. The number of hydrogen-bond acceptors (Lipinski definition) is 4. The maximum absolute atomic E-state index is 12.0. The van der Waals surface area contributed by atoms with Crippen LogP contribution >= 0.6 is 11.6 Å². The molecule has 0 unspecified atom stereocenters. The molecule has 0 aromatic heterocycles. The van der Waals surface area contributed by atoms with E-state index in [1.165, 1.54) is 12.3 Å². The first-order valence-corrected chi connectivity index (χ1v) is 7.44. The predicted molar refractivity (Wildman–Crippen MR) is 90.5 cm³/mol. The van der Waals surface area contributed by atoms with Gasteiger partial charge in [0.25, 0.3) is 5.91 Å². The smallest absolute Gasteiger partial charge is 0.272 e. The van der Waals surface area contributed by atoms with Crippen molar-refractivity contribution in [1.29, 1.82) is 0 Å². The zero-order chi connectivity index (χ0) is 16.8. The molecule has 0 bridgehead atoms. The van der Waals surface area contributed by atoms with Gasteiger partial charge in [-0.25, -0.2) is 5.43 Å². The fourth-order valence-corrected chi connectivity index (χ4v) is 2.23. The number of nitrogens with one attached hydrogen (secondary N) is 1. The summed E-state index contributed by atoms with van der Waals surface area (Å²) in [5, 5.41) is 14.1. The molecule has 0 heterocycles. The molecule has 2 rings (SSSR count). The molecule has 0 atom stereocenters. The Morgan fingerprint density at radius 2 is 2.13 bits per heavy atom. The summed E-state index contributed by atoms with van der Waals surface area (Å²) in [5.41, 5.74) is 4.15. The van der Waals surface area contributed by atoms with Crippen molar-refractivity contribution in [2.45, 2.75) is 13.8 Å². The minimum Gasteiger partial charge on any atom is -0.507 e. The minimum atomic E-state index is -0.420. The van der Waals surface area contributed by atoms with Crippen molar-refractivity contribution in [2.24, 2.45) is 5.10 Å². The van der Waals surface area contributed by atoms with Gasteiger partial charge in [0, 0.05) is 11.6 Å². The second-order valence-corrected chi connectivity index (χ2v) is 5.24. The number of phenolic OH excluding ortho intramolecular Hbond substituents is 1. The Morgan fingerprint density at radius 3 is 2.78 bits per heavy atom. The molecule has 0 saturated carbocycles. The quantitative estimate of drug-likeness (QED) is 0.650. The van der Waals surface area contributed by atoms with Crippen molar-refractivity contribution >= 4 is 23.7 Å². The highest BCUT2D eigenvalue weighted by atomic mass is 35.5. The summed E-state index contributed by atoms with van der Waals surface area (Å²) in [5.74, 6) is 0.164. The molecule has 0 radical (unpaired) electrons. The van der Waals surface area contributed by atoms with Gasteiger partial charge >= 0.3 is 0 Å². The van der Waals surface area contributed by atoms with E-state index in [-0.39, 0.29) is 5.75 Å². The Morgan fingerprint density at radius 1 is 1.35 bits per heavy atom. The highest BCUT2D eigenvalue weighted by Crippen LogP contribution is 2.22. The van der Waals surface area contributed by atoms with E-state index in [9.17, 15) is 9.90 Å². The van der Waals surface area contributed by atoms with Crippen LogP contribution in [-0.4, -0.2) is 23.8 Å². The molecule has 2 N–H and O–H groups in total. The number of rotatable bonds is 5. The summed E-state index contributed by atoms with van der Waals surface area (Å²) >= 11 is 6.03. The van der Waals surface area contributed by atoms with Crippen LogP contribution in [0, 0.1) is 6.92 Å². The van der Waals surface area contributed by atoms with E-state index in [1.54, 1.807) is 30.3 Å². The number of hydrogen-bond donors (Lipinski definition) is 2. The molecule has 120 valence electrons. The lowest BCUT2D eigenvalue weighted by molar-refractivity contribution is 0.0955. The molecular formula is C17H17ClN2O3. The van der Waals surface area contributed by atoms with Gasteiger partial charge < -0.3 is 9.84 Å². The third-order valence-corrected chi connectivity index (χ3v) is 3.36. The van der Waals surface area contributed by atoms with Crippen LogP contribution in [-0.2, 0) is 0 Å². The fourth-order valence-electron chi connectivity index (χ4n) is 1.91.